The highest BCUT2D eigenvalue weighted by atomic mass is 16.6. The molecule has 168 valence electrons. The molecular weight excluding hydrogens is 404 g/mol. The maximum Gasteiger partial charge on any atom is 0.328 e. The fourth-order valence-corrected chi connectivity index (χ4v) is 3.00. The highest BCUT2D eigenvalue weighted by Gasteiger charge is 2.32. The molecule has 2 N–H and O–H groups in total. The fourth-order valence-electron chi connectivity index (χ4n) is 3.00. The van der Waals surface area contributed by atoms with Gasteiger partial charge in [-0.25, -0.2) is 4.79 Å². The Hall–Kier alpha value is -3.49. The molecule has 0 radical (unpaired) electrons. The van der Waals surface area contributed by atoms with Crippen molar-refractivity contribution in [2.75, 3.05) is 7.11 Å². The number of pyridine rings is 1. The summed E-state index contributed by atoms with van der Waals surface area (Å²) in [6.07, 6.45) is -0.00406. The Morgan fingerprint density at radius 1 is 1.10 bits per heavy atom. The van der Waals surface area contributed by atoms with Crippen molar-refractivity contribution in [1.82, 2.24) is 5.32 Å². The molecule has 0 spiro atoms. The second-order valence-corrected chi connectivity index (χ2v) is 7.38. The van der Waals surface area contributed by atoms with Gasteiger partial charge >= 0.3 is 17.6 Å². The van der Waals surface area contributed by atoms with Gasteiger partial charge in [0, 0.05) is 6.07 Å². The number of aromatic nitrogens is 1. The smallest absolute Gasteiger partial charge is 0.328 e. The molecular formula is C22H28N2O7. The zero-order valence-electron chi connectivity index (χ0n) is 18.2. The number of benzene rings is 1. The molecule has 2 rings (SSSR count). The lowest BCUT2D eigenvalue weighted by Crippen LogP contribution is -2.47. The topological polar surface area (TPSA) is 121 Å². The summed E-state index contributed by atoms with van der Waals surface area (Å²) in [5.41, 5.74) is -0.583. The van der Waals surface area contributed by atoms with Crippen molar-refractivity contribution in [3.63, 3.8) is 0 Å². The Labute approximate surface area is 181 Å². The number of para-hydroxylation sites is 1. The van der Waals surface area contributed by atoms with E-state index in [1.807, 2.05) is 32.0 Å². The van der Waals surface area contributed by atoms with E-state index in [1.54, 1.807) is 19.1 Å². The van der Waals surface area contributed by atoms with E-state index in [9.17, 15) is 19.9 Å². The van der Waals surface area contributed by atoms with Gasteiger partial charge in [-0.3, -0.25) is 4.79 Å². The summed E-state index contributed by atoms with van der Waals surface area (Å²) in [7, 11) is 1.29. The second kappa shape index (κ2) is 10.5. The molecule has 2 aromatic rings. The number of hydrogen-bond acceptors (Lipinski definition) is 7. The Morgan fingerprint density at radius 2 is 1.74 bits per heavy atom. The third kappa shape index (κ3) is 6.00. The number of aromatic hydroxyl groups is 1. The molecule has 1 amide bonds. The van der Waals surface area contributed by atoms with Crippen LogP contribution in [0.1, 0.15) is 38.2 Å². The summed E-state index contributed by atoms with van der Waals surface area (Å²) in [6.45, 7) is 7.00. The maximum absolute atomic E-state index is 12.6. The first kappa shape index (κ1) is 23.8. The summed E-state index contributed by atoms with van der Waals surface area (Å²) in [6, 6.07) is 9.29. The molecule has 0 aliphatic heterocycles. The number of nitrogens with one attached hydrogen (secondary N) is 1. The lowest BCUT2D eigenvalue weighted by molar-refractivity contribution is -0.608. The normalized spacial score (nSPS) is 13.7. The van der Waals surface area contributed by atoms with Crippen LogP contribution in [0, 0.1) is 11.1 Å². The van der Waals surface area contributed by atoms with Gasteiger partial charge < -0.3 is 29.8 Å². The van der Waals surface area contributed by atoms with Crippen LogP contribution in [-0.4, -0.2) is 42.3 Å². The van der Waals surface area contributed by atoms with E-state index in [4.69, 9.17) is 14.2 Å². The van der Waals surface area contributed by atoms with E-state index in [-0.39, 0.29) is 16.4 Å². The largest absolute Gasteiger partial charge is 0.618 e. The number of hydrogen-bond donors (Lipinski definition) is 2. The Balaban J connectivity index is 2.07. The summed E-state index contributed by atoms with van der Waals surface area (Å²) in [4.78, 5) is 25.1. The minimum absolute atomic E-state index is 0.0424. The van der Waals surface area contributed by atoms with Crippen LogP contribution in [0.15, 0.2) is 42.6 Å². The van der Waals surface area contributed by atoms with Gasteiger partial charge in [0.1, 0.15) is 24.0 Å². The van der Waals surface area contributed by atoms with E-state index in [2.05, 4.69) is 5.32 Å². The van der Waals surface area contributed by atoms with Crippen LogP contribution in [0.25, 0.3) is 0 Å². The van der Waals surface area contributed by atoms with Crippen LogP contribution in [0.5, 0.6) is 17.2 Å². The molecule has 1 aromatic carbocycles. The van der Waals surface area contributed by atoms with Gasteiger partial charge in [0.05, 0.1) is 7.11 Å². The summed E-state index contributed by atoms with van der Waals surface area (Å²) >= 11 is 0. The summed E-state index contributed by atoms with van der Waals surface area (Å²) in [5, 5.41) is 24.4. The van der Waals surface area contributed by atoms with Crippen LogP contribution in [0.4, 0.5) is 0 Å². The molecule has 1 heterocycles. The SMILES string of the molecule is COc1cc[n+]([O-])c(C(=O)N[C@@H](C)C(=O)O[C@H](C(C)C)[C@H](C)Oc2ccccc2)c1O. The van der Waals surface area contributed by atoms with Crippen molar-refractivity contribution in [2.24, 2.45) is 5.92 Å². The lowest BCUT2D eigenvalue weighted by atomic mass is 10.0. The van der Waals surface area contributed by atoms with Crippen LogP contribution in [0.2, 0.25) is 0 Å². The van der Waals surface area contributed by atoms with Crippen molar-refractivity contribution in [3.05, 3.63) is 53.5 Å². The van der Waals surface area contributed by atoms with Gasteiger partial charge in [-0.2, -0.15) is 4.73 Å². The molecule has 9 heteroatoms. The molecule has 3 atom stereocenters. The highest BCUT2D eigenvalue weighted by Crippen LogP contribution is 2.26. The minimum atomic E-state index is -1.08. The first-order valence-corrected chi connectivity index (χ1v) is 9.87. The molecule has 0 fully saturated rings. The first-order valence-electron chi connectivity index (χ1n) is 9.87. The Kier molecular flexibility index (Phi) is 8.07. The average molecular weight is 432 g/mol. The van der Waals surface area contributed by atoms with Gasteiger partial charge in [0.25, 0.3) is 0 Å². The molecule has 0 aliphatic carbocycles. The van der Waals surface area contributed by atoms with Gasteiger partial charge in [-0.05, 0) is 31.9 Å². The van der Waals surface area contributed by atoms with Gasteiger partial charge in [-0.1, -0.05) is 32.0 Å². The van der Waals surface area contributed by atoms with Crippen molar-refractivity contribution in [1.29, 1.82) is 0 Å². The minimum Gasteiger partial charge on any atom is -0.618 e. The van der Waals surface area contributed by atoms with Crippen molar-refractivity contribution < 1.29 is 33.6 Å². The average Bonchev–Trinajstić information content (AvgIpc) is 2.72. The van der Waals surface area contributed by atoms with Gasteiger partial charge in [-0.15, -0.1) is 0 Å². The fraction of sp³-hybridized carbons (Fsp3) is 0.409. The van der Waals surface area contributed by atoms with Crippen LogP contribution < -0.4 is 19.5 Å². The predicted octanol–water partition coefficient (Wildman–Crippen LogP) is 2.19. The number of esters is 1. The Bertz CT molecular complexity index is 902. The van der Waals surface area contributed by atoms with E-state index in [0.717, 1.165) is 6.20 Å². The quantitative estimate of drug-likeness (QED) is 0.354. The molecule has 0 unspecified atom stereocenters. The number of methoxy groups -OCH3 is 1. The van der Waals surface area contributed by atoms with Crippen LogP contribution >= 0.6 is 0 Å². The van der Waals surface area contributed by atoms with Gasteiger partial charge in [0.15, 0.2) is 11.9 Å². The molecule has 9 nitrogen and oxygen atoms in total. The standard InChI is InChI=1S/C22H28N2O7/c1-13(2)20(15(4)30-16-9-7-6-8-10-16)31-22(27)14(3)23-21(26)18-19(25)17(29-5)11-12-24(18)28/h6-15,20,25H,1-5H3,(H,23,26)/t14-,15-,20+/m0/s1. The molecule has 0 saturated carbocycles. The predicted molar refractivity (Wildman–Crippen MR) is 112 cm³/mol. The third-order valence-corrected chi connectivity index (χ3v) is 4.61. The number of carbonyl (C=O) groups excluding carboxylic acids is 2. The van der Waals surface area contributed by atoms with Crippen LogP contribution in [0.3, 0.4) is 0 Å². The summed E-state index contributed by atoms with van der Waals surface area (Å²) in [5.74, 6) is -1.72. The van der Waals surface area contributed by atoms with E-state index < -0.39 is 41.6 Å². The zero-order chi connectivity index (χ0) is 23.1. The van der Waals surface area contributed by atoms with E-state index in [0.29, 0.717) is 5.75 Å². The first-order chi connectivity index (χ1) is 14.6. The number of nitrogens with zero attached hydrogens (tertiary/aromatic N) is 1. The van der Waals surface area contributed by atoms with Crippen LogP contribution in [-0.2, 0) is 9.53 Å². The van der Waals surface area contributed by atoms with E-state index in [1.165, 1.54) is 20.1 Å². The summed E-state index contributed by atoms with van der Waals surface area (Å²) < 4.78 is 16.6. The van der Waals surface area contributed by atoms with Gasteiger partial charge in [0.2, 0.25) is 5.75 Å². The number of ether oxygens (including phenoxy) is 3. The van der Waals surface area contributed by atoms with Crippen molar-refractivity contribution >= 4 is 11.9 Å². The maximum atomic E-state index is 12.6. The number of carbonyl (C=O) groups is 2. The van der Waals surface area contributed by atoms with Crippen molar-refractivity contribution in [2.45, 2.75) is 45.9 Å². The van der Waals surface area contributed by atoms with Crippen molar-refractivity contribution in [3.8, 4) is 17.2 Å². The lowest BCUT2D eigenvalue weighted by Gasteiger charge is -2.29. The monoisotopic (exact) mass is 432 g/mol. The molecule has 0 saturated heterocycles. The molecule has 1 aromatic heterocycles. The number of amides is 1. The molecule has 31 heavy (non-hydrogen) atoms. The Morgan fingerprint density at radius 3 is 2.32 bits per heavy atom. The molecule has 0 aliphatic rings. The van der Waals surface area contributed by atoms with E-state index >= 15 is 0 Å². The highest BCUT2D eigenvalue weighted by molar-refractivity contribution is 5.96. The number of rotatable bonds is 9. The third-order valence-electron chi connectivity index (χ3n) is 4.61. The zero-order valence-corrected chi connectivity index (χ0v) is 18.2. The molecule has 0 bridgehead atoms. The second-order valence-electron chi connectivity index (χ2n) is 7.38.